The number of nitrogens with zero attached hydrogens (tertiary/aromatic N) is 3. The molecule has 1 aliphatic heterocycles. The molecule has 0 saturated carbocycles. The van der Waals surface area contributed by atoms with E-state index >= 15 is 0 Å². The first-order chi connectivity index (χ1) is 19.6. The number of aromatic nitrogens is 3. The van der Waals surface area contributed by atoms with E-state index < -0.39 is 17.7 Å². The van der Waals surface area contributed by atoms with Crippen LogP contribution in [0, 0.1) is 6.92 Å². The van der Waals surface area contributed by atoms with Gasteiger partial charge >= 0.3 is 5.97 Å². The van der Waals surface area contributed by atoms with E-state index in [1.165, 1.54) is 6.07 Å². The lowest BCUT2D eigenvalue weighted by molar-refractivity contribution is -0.160. The normalized spacial score (nSPS) is 13.8. The van der Waals surface area contributed by atoms with Gasteiger partial charge < -0.3 is 19.1 Å². The highest BCUT2D eigenvalue weighted by molar-refractivity contribution is 6.08. The van der Waals surface area contributed by atoms with Crippen LogP contribution in [0.1, 0.15) is 49.1 Å². The Kier molecular flexibility index (Phi) is 6.58. The number of rotatable bonds is 6. The lowest BCUT2D eigenvalue weighted by atomic mass is 9.86. The second-order valence-electron chi connectivity index (χ2n) is 11.4. The molecule has 0 bridgehead atoms. The number of ether oxygens (including phenoxy) is 2. The van der Waals surface area contributed by atoms with E-state index in [-0.39, 0.29) is 5.56 Å². The molecule has 0 radical (unpaired) electrons. The zero-order chi connectivity index (χ0) is 28.9. The third kappa shape index (κ3) is 4.85. The molecule has 0 spiro atoms. The molecule has 6 rings (SSSR count). The summed E-state index contributed by atoms with van der Waals surface area (Å²) in [5.74, 6) is -0.334. The zero-order valence-corrected chi connectivity index (χ0v) is 23.5. The first kappa shape index (κ1) is 26.7. The van der Waals surface area contributed by atoms with E-state index in [0.717, 1.165) is 45.1 Å². The van der Waals surface area contributed by atoms with Crippen molar-refractivity contribution in [3.05, 3.63) is 99.7 Å². The third-order valence-corrected chi connectivity index (χ3v) is 7.43. The maximum Gasteiger partial charge on any atom is 0.337 e. The number of benzene rings is 2. The molecule has 4 heterocycles. The molecule has 1 N–H and O–H groups in total. The lowest BCUT2D eigenvalue weighted by Crippen LogP contribution is -2.28. The number of pyridine rings is 3. The van der Waals surface area contributed by atoms with Gasteiger partial charge in [0.2, 0.25) is 0 Å². The smallest absolute Gasteiger partial charge is 0.337 e. The molecule has 208 valence electrons. The van der Waals surface area contributed by atoms with Crippen molar-refractivity contribution < 1.29 is 19.4 Å². The van der Waals surface area contributed by atoms with Gasteiger partial charge in [-0.2, -0.15) is 0 Å². The molecule has 0 aliphatic carbocycles. The van der Waals surface area contributed by atoms with Gasteiger partial charge in [-0.05, 0) is 92.4 Å². The Morgan fingerprint density at radius 2 is 1.88 bits per heavy atom. The van der Waals surface area contributed by atoms with Crippen LogP contribution in [0.2, 0.25) is 0 Å². The van der Waals surface area contributed by atoms with Gasteiger partial charge in [0.1, 0.15) is 5.75 Å². The minimum absolute atomic E-state index is 0.156. The van der Waals surface area contributed by atoms with Crippen molar-refractivity contribution in [1.82, 2.24) is 14.5 Å². The fourth-order valence-corrected chi connectivity index (χ4v) is 5.74. The van der Waals surface area contributed by atoms with Gasteiger partial charge in [-0.15, -0.1) is 0 Å². The Balaban J connectivity index is 1.73. The van der Waals surface area contributed by atoms with Crippen LogP contribution in [-0.2, 0) is 22.5 Å². The van der Waals surface area contributed by atoms with Crippen molar-refractivity contribution >= 4 is 27.8 Å². The highest BCUT2D eigenvalue weighted by Gasteiger charge is 2.33. The molecule has 8 nitrogen and oxygen atoms in total. The topological polar surface area (TPSA) is 104 Å². The van der Waals surface area contributed by atoms with Gasteiger partial charge in [0, 0.05) is 53.0 Å². The monoisotopic (exact) mass is 549 g/mol. The summed E-state index contributed by atoms with van der Waals surface area (Å²) in [5, 5.41) is 12.1. The summed E-state index contributed by atoms with van der Waals surface area (Å²) < 4.78 is 13.9. The van der Waals surface area contributed by atoms with Gasteiger partial charge in [-0.1, -0.05) is 0 Å². The van der Waals surface area contributed by atoms with Crippen molar-refractivity contribution in [2.24, 2.45) is 0 Å². The van der Waals surface area contributed by atoms with Crippen LogP contribution >= 0.6 is 0 Å². The van der Waals surface area contributed by atoms with Crippen LogP contribution in [0.3, 0.4) is 0 Å². The molecule has 41 heavy (non-hydrogen) atoms. The van der Waals surface area contributed by atoms with Gasteiger partial charge in [-0.3, -0.25) is 14.8 Å². The highest BCUT2D eigenvalue weighted by atomic mass is 16.5. The molecule has 0 amide bonds. The summed E-state index contributed by atoms with van der Waals surface area (Å²) in [6.45, 7) is 8.32. The van der Waals surface area contributed by atoms with E-state index in [1.807, 2.05) is 64.1 Å². The first-order valence-corrected chi connectivity index (χ1v) is 13.6. The minimum Gasteiger partial charge on any atom is -0.493 e. The van der Waals surface area contributed by atoms with Crippen LogP contribution in [0.4, 0.5) is 0 Å². The Bertz CT molecular complexity index is 1860. The summed E-state index contributed by atoms with van der Waals surface area (Å²) in [5.41, 5.74) is 5.28. The molecule has 1 aliphatic rings. The average Bonchev–Trinajstić information content (AvgIpc) is 2.94. The fraction of sp³-hybridized carbons (Fsp3) is 0.273. The number of fused-ring (bicyclic) bond motifs is 1. The van der Waals surface area contributed by atoms with Crippen LogP contribution in [0.15, 0.2) is 71.9 Å². The summed E-state index contributed by atoms with van der Waals surface area (Å²) in [4.78, 5) is 35.0. The van der Waals surface area contributed by atoms with Crippen molar-refractivity contribution in [1.29, 1.82) is 0 Å². The van der Waals surface area contributed by atoms with Crippen molar-refractivity contribution in [3.63, 3.8) is 0 Å². The fourth-order valence-electron chi connectivity index (χ4n) is 5.74. The van der Waals surface area contributed by atoms with Gasteiger partial charge in [0.05, 0.1) is 29.8 Å². The standard InChI is InChI=1S/C33H31N3O5/c1-19-17-24-22(6-8-26(37)36(24)18-20-9-13-34-14-10-20)29(27(19)31(32(38)39)41-33(2,3)4)23-5-7-25-28-21(12-16-40-25)11-15-35-30(23)28/h5-11,13-15,17,31H,12,16,18H2,1-4H3,(H,38,39)/t31-/m0/s1. The highest BCUT2D eigenvalue weighted by Crippen LogP contribution is 2.45. The largest absolute Gasteiger partial charge is 0.493 e. The second-order valence-corrected chi connectivity index (χ2v) is 11.4. The van der Waals surface area contributed by atoms with E-state index in [9.17, 15) is 14.7 Å². The number of aryl methyl sites for hydroxylation is 1. The molecule has 8 heteroatoms. The Hall–Kier alpha value is -4.56. The van der Waals surface area contributed by atoms with E-state index in [1.54, 1.807) is 29.2 Å². The maximum absolute atomic E-state index is 13.3. The molecule has 5 aromatic rings. The Labute approximate surface area is 237 Å². The molecule has 0 unspecified atom stereocenters. The molecular weight excluding hydrogens is 518 g/mol. The van der Waals surface area contributed by atoms with Crippen molar-refractivity contribution in [3.8, 4) is 16.9 Å². The van der Waals surface area contributed by atoms with E-state index in [0.29, 0.717) is 35.4 Å². The number of carboxylic acid groups (broad SMARTS) is 1. The quantitative estimate of drug-likeness (QED) is 0.284. The van der Waals surface area contributed by atoms with Crippen LogP contribution in [0.5, 0.6) is 5.75 Å². The number of aliphatic carboxylic acids is 1. The summed E-state index contributed by atoms with van der Waals surface area (Å²) in [6, 6.07) is 14.8. The Morgan fingerprint density at radius 1 is 1.10 bits per heavy atom. The first-order valence-electron chi connectivity index (χ1n) is 13.6. The zero-order valence-electron chi connectivity index (χ0n) is 23.5. The van der Waals surface area contributed by atoms with E-state index in [4.69, 9.17) is 14.5 Å². The molecule has 0 saturated heterocycles. The molecule has 2 aromatic carbocycles. The van der Waals surface area contributed by atoms with Crippen molar-refractivity contribution in [2.75, 3.05) is 6.61 Å². The minimum atomic E-state index is -1.25. The SMILES string of the molecule is Cc1cc2c(ccc(=O)n2Cc2ccncc2)c(-c2ccc3c4c(ccnc24)CCO3)c1[C@H](OC(C)(C)C)C(=O)O. The van der Waals surface area contributed by atoms with Crippen LogP contribution in [-0.4, -0.2) is 37.8 Å². The Morgan fingerprint density at radius 3 is 2.61 bits per heavy atom. The third-order valence-electron chi connectivity index (χ3n) is 7.43. The number of carboxylic acids is 1. The van der Waals surface area contributed by atoms with Crippen LogP contribution < -0.4 is 10.3 Å². The number of carbonyl (C=O) groups is 1. The molecule has 1 atom stereocenters. The molecule has 0 fully saturated rings. The summed E-state index contributed by atoms with van der Waals surface area (Å²) in [6.07, 6.45) is 4.69. The predicted octanol–water partition coefficient (Wildman–Crippen LogP) is 5.84. The molecule has 3 aromatic heterocycles. The van der Waals surface area contributed by atoms with Gasteiger partial charge in [0.15, 0.2) is 6.10 Å². The number of hydrogen-bond donors (Lipinski definition) is 1. The number of hydrogen-bond acceptors (Lipinski definition) is 6. The van der Waals surface area contributed by atoms with Gasteiger partial charge in [0.25, 0.3) is 5.56 Å². The average molecular weight is 550 g/mol. The molecular formula is C33H31N3O5. The van der Waals surface area contributed by atoms with Gasteiger partial charge in [-0.25, -0.2) is 4.79 Å². The maximum atomic E-state index is 13.3. The predicted molar refractivity (Wildman–Crippen MR) is 157 cm³/mol. The second kappa shape index (κ2) is 10.1. The summed E-state index contributed by atoms with van der Waals surface area (Å²) in [7, 11) is 0. The lowest BCUT2D eigenvalue weighted by Gasteiger charge is -2.29. The van der Waals surface area contributed by atoms with E-state index in [2.05, 4.69) is 4.98 Å². The summed E-state index contributed by atoms with van der Waals surface area (Å²) >= 11 is 0. The van der Waals surface area contributed by atoms with Crippen molar-refractivity contribution in [2.45, 2.75) is 52.4 Å². The van der Waals surface area contributed by atoms with Crippen LogP contribution in [0.25, 0.3) is 32.9 Å².